The molecule has 0 aliphatic carbocycles. The maximum Gasteiger partial charge on any atom is 0.305 e. The first kappa shape index (κ1) is 12.5. The van der Waals surface area contributed by atoms with Crippen LogP contribution in [0.3, 0.4) is 0 Å². The Bertz CT molecular complexity index is 657. The lowest BCUT2D eigenvalue weighted by molar-refractivity contribution is -0.385. The minimum absolute atomic E-state index is 0.212. The molecule has 8 heteroatoms. The van der Waals surface area contributed by atoms with Crippen molar-refractivity contribution in [1.82, 2.24) is 14.8 Å². The van der Waals surface area contributed by atoms with E-state index in [1.165, 1.54) is 12.1 Å². The van der Waals surface area contributed by atoms with Gasteiger partial charge in [0.05, 0.1) is 17.2 Å². The molecule has 2 rings (SSSR count). The Morgan fingerprint density at radius 1 is 1.53 bits per heavy atom. The average molecular weight is 258 g/mol. The highest BCUT2D eigenvalue weighted by molar-refractivity contribution is 5.50. The zero-order valence-electron chi connectivity index (χ0n) is 10.1. The summed E-state index contributed by atoms with van der Waals surface area (Å²) in [7, 11) is 1.81. The van der Waals surface area contributed by atoms with Crippen molar-refractivity contribution < 1.29 is 4.92 Å². The molecule has 1 N–H and O–H groups in total. The van der Waals surface area contributed by atoms with Crippen molar-refractivity contribution in [3.05, 3.63) is 45.9 Å². The van der Waals surface area contributed by atoms with Crippen LogP contribution in [0.5, 0.6) is 0 Å². The van der Waals surface area contributed by atoms with E-state index in [-0.39, 0.29) is 11.4 Å². The van der Waals surface area contributed by atoms with E-state index >= 15 is 0 Å². The molecule has 0 aromatic carbocycles. The molecule has 0 bridgehead atoms. The fourth-order valence-corrected chi connectivity index (χ4v) is 1.52. The first-order valence-corrected chi connectivity index (χ1v) is 5.38. The molecule has 0 aliphatic heterocycles. The number of hydrogen-bond acceptors (Lipinski definition) is 6. The maximum absolute atomic E-state index is 10.7. The van der Waals surface area contributed by atoms with Gasteiger partial charge in [-0.3, -0.25) is 14.8 Å². The van der Waals surface area contributed by atoms with E-state index < -0.39 is 4.92 Å². The third-order valence-corrected chi connectivity index (χ3v) is 2.40. The number of nitrogens with one attached hydrogen (secondary N) is 1. The molecule has 2 heterocycles. The molecular weight excluding hydrogens is 248 g/mol. The Kier molecular flexibility index (Phi) is 3.38. The number of rotatable bonds is 4. The lowest BCUT2D eigenvalue weighted by Crippen LogP contribution is -2.04. The molecular formula is C11H10N6O2. The molecule has 0 fully saturated rings. The number of aromatic nitrogens is 3. The van der Waals surface area contributed by atoms with Gasteiger partial charge >= 0.3 is 5.69 Å². The van der Waals surface area contributed by atoms with Crippen molar-refractivity contribution in [2.24, 2.45) is 7.05 Å². The van der Waals surface area contributed by atoms with Gasteiger partial charge in [-0.1, -0.05) is 0 Å². The van der Waals surface area contributed by atoms with Gasteiger partial charge in [-0.25, -0.2) is 4.98 Å². The standard InChI is InChI=1S/C11H10N6O2/c1-16-5-4-8(15-16)7-13-11-3-2-10(17(18)19)9(6-12)14-11/h2-5H,7H2,1H3,(H,13,14). The molecule has 0 aliphatic rings. The van der Waals surface area contributed by atoms with Crippen LogP contribution in [0.1, 0.15) is 11.4 Å². The number of nitriles is 1. The van der Waals surface area contributed by atoms with Crippen molar-refractivity contribution >= 4 is 11.5 Å². The smallest absolute Gasteiger partial charge is 0.305 e. The van der Waals surface area contributed by atoms with Crippen LogP contribution in [0.4, 0.5) is 11.5 Å². The van der Waals surface area contributed by atoms with E-state index in [1.54, 1.807) is 24.0 Å². The van der Waals surface area contributed by atoms with Gasteiger partial charge in [-0.05, 0) is 12.1 Å². The normalized spacial score (nSPS) is 9.89. The quantitative estimate of drug-likeness (QED) is 0.651. The molecule has 0 saturated heterocycles. The second-order valence-electron chi connectivity index (χ2n) is 3.77. The fourth-order valence-electron chi connectivity index (χ4n) is 1.52. The highest BCUT2D eigenvalue weighted by atomic mass is 16.6. The molecule has 19 heavy (non-hydrogen) atoms. The van der Waals surface area contributed by atoms with Crippen molar-refractivity contribution in [3.8, 4) is 6.07 Å². The minimum atomic E-state index is -0.631. The van der Waals surface area contributed by atoms with E-state index in [4.69, 9.17) is 5.26 Å². The summed E-state index contributed by atoms with van der Waals surface area (Å²) in [5.41, 5.74) is 0.295. The molecule has 0 saturated carbocycles. The zero-order chi connectivity index (χ0) is 13.8. The van der Waals surface area contributed by atoms with Gasteiger partial charge in [0.25, 0.3) is 0 Å². The monoisotopic (exact) mass is 258 g/mol. The number of hydrogen-bond donors (Lipinski definition) is 1. The van der Waals surface area contributed by atoms with Gasteiger partial charge < -0.3 is 5.32 Å². The van der Waals surface area contributed by atoms with Crippen molar-refractivity contribution in [1.29, 1.82) is 5.26 Å². The van der Waals surface area contributed by atoms with Crippen LogP contribution >= 0.6 is 0 Å². The molecule has 0 atom stereocenters. The van der Waals surface area contributed by atoms with Crippen LogP contribution < -0.4 is 5.32 Å². The second-order valence-corrected chi connectivity index (χ2v) is 3.77. The minimum Gasteiger partial charge on any atom is -0.364 e. The van der Waals surface area contributed by atoms with Gasteiger partial charge in [-0.2, -0.15) is 10.4 Å². The molecule has 96 valence electrons. The molecule has 0 unspecified atom stereocenters. The Labute approximate surface area is 108 Å². The Morgan fingerprint density at radius 3 is 2.89 bits per heavy atom. The Hall–Kier alpha value is -2.95. The molecule has 0 spiro atoms. The van der Waals surface area contributed by atoms with Gasteiger partial charge in [0, 0.05) is 19.3 Å². The summed E-state index contributed by atoms with van der Waals surface area (Å²) in [6, 6.07) is 6.26. The number of pyridine rings is 1. The predicted molar refractivity (Wildman–Crippen MR) is 66.1 cm³/mol. The first-order chi connectivity index (χ1) is 9.10. The maximum atomic E-state index is 10.7. The summed E-state index contributed by atoms with van der Waals surface area (Å²) >= 11 is 0. The second kappa shape index (κ2) is 5.14. The van der Waals surface area contributed by atoms with Crippen molar-refractivity contribution in [2.75, 3.05) is 5.32 Å². The number of nitrogens with zero attached hydrogens (tertiary/aromatic N) is 5. The lowest BCUT2D eigenvalue weighted by Gasteiger charge is -2.03. The fraction of sp³-hybridized carbons (Fsp3) is 0.182. The number of nitro groups is 1. The summed E-state index contributed by atoms with van der Waals surface area (Å²) in [5.74, 6) is 0.396. The Balaban J connectivity index is 2.14. The summed E-state index contributed by atoms with van der Waals surface area (Å²) in [5, 5.41) is 26.6. The molecule has 0 amide bonds. The van der Waals surface area contributed by atoms with Crippen LogP contribution in [0, 0.1) is 21.4 Å². The highest BCUT2D eigenvalue weighted by Gasteiger charge is 2.15. The summed E-state index contributed by atoms with van der Waals surface area (Å²) in [6.45, 7) is 0.427. The van der Waals surface area contributed by atoms with Gasteiger partial charge in [0.1, 0.15) is 11.9 Å². The number of anilines is 1. The summed E-state index contributed by atoms with van der Waals surface area (Å²) < 4.78 is 1.67. The van der Waals surface area contributed by atoms with Crippen LogP contribution in [-0.4, -0.2) is 19.7 Å². The van der Waals surface area contributed by atoms with Gasteiger partial charge in [-0.15, -0.1) is 0 Å². The predicted octanol–water partition coefficient (Wildman–Crippen LogP) is 1.21. The van der Waals surface area contributed by atoms with E-state index in [2.05, 4.69) is 15.4 Å². The topological polar surface area (TPSA) is 110 Å². The van der Waals surface area contributed by atoms with Gasteiger partial charge in [0.2, 0.25) is 5.69 Å². The van der Waals surface area contributed by atoms with Crippen LogP contribution in [-0.2, 0) is 13.6 Å². The third kappa shape index (κ3) is 2.84. The van der Waals surface area contributed by atoms with Gasteiger partial charge in [0.15, 0.2) is 0 Å². The third-order valence-electron chi connectivity index (χ3n) is 2.40. The van der Waals surface area contributed by atoms with Crippen molar-refractivity contribution in [3.63, 3.8) is 0 Å². The number of aryl methyl sites for hydroxylation is 1. The average Bonchev–Trinajstić information content (AvgIpc) is 2.81. The molecule has 8 nitrogen and oxygen atoms in total. The van der Waals surface area contributed by atoms with E-state index in [0.717, 1.165) is 5.69 Å². The summed E-state index contributed by atoms with van der Waals surface area (Å²) in [6.07, 6.45) is 1.81. The molecule has 2 aromatic rings. The summed E-state index contributed by atoms with van der Waals surface area (Å²) in [4.78, 5) is 13.9. The molecule has 2 aromatic heterocycles. The van der Waals surface area contributed by atoms with E-state index in [0.29, 0.717) is 12.4 Å². The SMILES string of the molecule is Cn1ccc(CNc2ccc([N+](=O)[O-])c(C#N)n2)n1. The van der Waals surface area contributed by atoms with Crippen LogP contribution in [0.2, 0.25) is 0 Å². The highest BCUT2D eigenvalue weighted by Crippen LogP contribution is 2.18. The van der Waals surface area contributed by atoms with E-state index in [9.17, 15) is 10.1 Å². The molecule has 0 radical (unpaired) electrons. The van der Waals surface area contributed by atoms with Crippen LogP contribution in [0.15, 0.2) is 24.4 Å². The first-order valence-electron chi connectivity index (χ1n) is 5.38. The van der Waals surface area contributed by atoms with Crippen molar-refractivity contribution in [2.45, 2.75) is 6.54 Å². The lowest BCUT2D eigenvalue weighted by atomic mass is 10.3. The zero-order valence-corrected chi connectivity index (χ0v) is 10.1. The van der Waals surface area contributed by atoms with Crippen LogP contribution in [0.25, 0.3) is 0 Å². The van der Waals surface area contributed by atoms with E-state index in [1.807, 2.05) is 6.07 Å². The largest absolute Gasteiger partial charge is 0.364 e. The Morgan fingerprint density at radius 2 is 2.32 bits per heavy atom.